The van der Waals surface area contributed by atoms with Gasteiger partial charge in [0.25, 0.3) is 0 Å². The summed E-state index contributed by atoms with van der Waals surface area (Å²) >= 11 is 6.45. The van der Waals surface area contributed by atoms with Gasteiger partial charge in [-0.05, 0) is 22.3 Å². The van der Waals surface area contributed by atoms with Gasteiger partial charge < -0.3 is 23.7 Å². The number of halogens is 1. The number of benzene rings is 4. The molecule has 0 spiro atoms. The van der Waals surface area contributed by atoms with Gasteiger partial charge in [0.1, 0.15) is 36.3 Å². The van der Waals surface area contributed by atoms with Crippen molar-refractivity contribution in [3.05, 3.63) is 174 Å². The van der Waals surface area contributed by atoms with Crippen LogP contribution in [0.5, 0.6) is 0 Å². The van der Waals surface area contributed by atoms with Crippen molar-refractivity contribution in [3.63, 3.8) is 0 Å². The van der Waals surface area contributed by atoms with E-state index in [0.29, 0.717) is 43.2 Å². The van der Waals surface area contributed by atoms with Crippen LogP contribution in [0.25, 0.3) is 11.2 Å². The Morgan fingerprint density at radius 1 is 0.627 bits per heavy atom. The molecule has 7 rings (SSSR count). The molecule has 0 radical (unpaired) electrons. The number of fused-ring (bicyclic) bond motifs is 1. The lowest BCUT2D eigenvalue weighted by molar-refractivity contribution is -0.184. The first-order valence-corrected chi connectivity index (χ1v) is 17.3. The molecule has 5 atom stereocenters. The Morgan fingerprint density at radius 2 is 1.14 bits per heavy atom. The lowest BCUT2D eigenvalue weighted by Crippen LogP contribution is -2.49. The molecule has 0 aliphatic carbocycles. The highest BCUT2D eigenvalue weighted by molar-refractivity contribution is 6.33. The smallest absolute Gasteiger partial charge is 0.167 e. The number of imidazole rings is 1. The van der Waals surface area contributed by atoms with E-state index in [2.05, 4.69) is 21.5 Å². The third-order valence-corrected chi connectivity index (χ3v) is 9.05. The number of ether oxygens (including phenoxy) is 5. The monoisotopic (exact) mass is 702 g/mol. The number of aromatic nitrogens is 4. The number of nitrogens with zero attached hydrogens (tertiary/aromatic N) is 4. The summed E-state index contributed by atoms with van der Waals surface area (Å²) in [4.78, 5) is 13.2. The van der Waals surface area contributed by atoms with Gasteiger partial charge in [-0.3, -0.25) is 4.57 Å². The average molecular weight is 703 g/mol. The standard InChI is InChI=1S/C41H39ClN4O5/c1-29-36(48-23-31-16-8-3-9-17-31)38(50-25-33-20-12-5-13-21-33)37(49-24-32-18-10-4-11-19-32)34(26-47-22-30-14-6-2-7-15-30)51-41(29)46-28-45-35-39(42)43-27-44-40(35)46/h2-21,27-28,34,36-38,41H,1,22-26H2/t34-,36+,37-,38-,41-/m1/s1. The van der Waals surface area contributed by atoms with E-state index in [1.165, 1.54) is 6.33 Å². The van der Waals surface area contributed by atoms with Gasteiger partial charge in [0, 0.05) is 5.57 Å². The second-order valence-electron chi connectivity index (χ2n) is 12.3. The van der Waals surface area contributed by atoms with Crippen LogP contribution in [0.4, 0.5) is 0 Å². The molecular formula is C41H39ClN4O5. The van der Waals surface area contributed by atoms with Crippen LogP contribution >= 0.6 is 11.6 Å². The first kappa shape index (κ1) is 34.7. The SMILES string of the molecule is C=C1[C@H](n2cnc3c(Cl)ncnc32)O[C@H](COCc2ccccc2)[C@@H](OCc2ccccc2)[C@H](OCc2ccccc2)[C@H]1OCc1ccccc1. The van der Waals surface area contributed by atoms with Crippen molar-refractivity contribution in [2.45, 2.75) is 57.1 Å². The predicted molar refractivity (Wildman–Crippen MR) is 195 cm³/mol. The van der Waals surface area contributed by atoms with E-state index in [1.807, 2.05) is 126 Å². The van der Waals surface area contributed by atoms with E-state index < -0.39 is 30.6 Å². The third-order valence-electron chi connectivity index (χ3n) is 8.78. The minimum atomic E-state index is -0.791. The lowest BCUT2D eigenvalue weighted by atomic mass is 9.98. The van der Waals surface area contributed by atoms with Crippen LogP contribution in [-0.2, 0) is 50.1 Å². The quantitative estimate of drug-likeness (QED) is 0.0836. The molecule has 51 heavy (non-hydrogen) atoms. The molecule has 3 heterocycles. The van der Waals surface area contributed by atoms with Crippen LogP contribution in [0, 0.1) is 0 Å². The summed E-state index contributed by atoms with van der Waals surface area (Å²) in [6.07, 6.45) is -0.381. The second kappa shape index (κ2) is 17.0. The molecule has 1 aliphatic heterocycles. The van der Waals surface area contributed by atoms with Gasteiger partial charge in [-0.25, -0.2) is 15.0 Å². The highest BCUT2D eigenvalue weighted by atomic mass is 35.5. The topological polar surface area (TPSA) is 89.8 Å². The minimum Gasteiger partial charge on any atom is -0.374 e. The van der Waals surface area contributed by atoms with Crippen LogP contribution in [0.3, 0.4) is 0 Å². The Hall–Kier alpha value is -4.74. The minimum absolute atomic E-state index is 0.192. The van der Waals surface area contributed by atoms with E-state index in [9.17, 15) is 0 Å². The van der Waals surface area contributed by atoms with E-state index in [0.717, 1.165) is 22.3 Å². The maximum Gasteiger partial charge on any atom is 0.167 e. The largest absolute Gasteiger partial charge is 0.374 e. The summed E-state index contributed by atoms with van der Waals surface area (Å²) in [6, 6.07) is 40.1. The molecule has 10 heteroatoms. The van der Waals surface area contributed by atoms with Crippen LogP contribution in [0.1, 0.15) is 28.5 Å². The molecule has 9 nitrogen and oxygen atoms in total. The maximum atomic E-state index is 7.03. The molecule has 1 fully saturated rings. The molecule has 2 aromatic heterocycles. The van der Waals surface area contributed by atoms with Gasteiger partial charge in [0.05, 0.1) is 39.4 Å². The first-order valence-electron chi connectivity index (χ1n) is 16.9. The second-order valence-corrected chi connectivity index (χ2v) is 12.7. The Balaban J connectivity index is 1.29. The zero-order chi connectivity index (χ0) is 34.8. The lowest BCUT2D eigenvalue weighted by Gasteiger charge is -2.34. The van der Waals surface area contributed by atoms with Crippen molar-refractivity contribution < 1.29 is 23.7 Å². The van der Waals surface area contributed by atoms with Crippen molar-refractivity contribution in [1.82, 2.24) is 19.5 Å². The fourth-order valence-corrected chi connectivity index (χ4v) is 6.36. The molecule has 0 bridgehead atoms. The highest BCUT2D eigenvalue weighted by Gasteiger charge is 2.46. The fraction of sp³-hybridized carbons (Fsp3) is 0.244. The van der Waals surface area contributed by atoms with Gasteiger partial charge in [-0.1, -0.05) is 140 Å². The summed E-state index contributed by atoms with van der Waals surface area (Å²) in [5.74, 6) is 0. The van der Waals surface area contributed by atoms with Gasteiger partial charge in [-0.15, -0.1) is 0 Å². The van der Waals surface area contributed by atoms with Gasteiger partial charge >= 0.3 is 0 Å². The van der Waals surface area contributed by atoms with Crippen molar-refractivity contribution in [2.24, 2.45) is 0 Å². The van der Waals surface area contributed by atoms with Gasteiger partial charge in [-0.2, -0.15) is 0 Å². The Labute approximate surface area is 302 Å². The van der Waals surface area contributed by atoms with Crippen LogP contribution in [0.15, 0.2) is 146 Å². The number of hydrogen-bond donors (Lipinski definition) is 0. The summed E-state index contributed by atoms with van der Waals surface area (Å²) in [5, 5.41) is 0.241. The van der Waals surface area contributed by atoms with Gasteiger partial charge in [0.15, 0.2) is 17.0 Å². The number of rotatable bonds is 14. The molecule has 0 N–H and O–H groups in total. The van der Waals surface area contributed by atoms with Crippen molar-refractivity contribution in [2.75, 3.05) is 6.61 Å². The third kappa shape index (κ3) is 8.60. The molecule has 1 saturated heterocycles. The molecule has 260 valence electrons. The Kier molecular flexibility index (Phi) is 11.6. The zero-order valence-corrected chi connectivity index (χ0v) is 28.8. The molecule has 1 aliphatic rings. The summed E-state index contributed by atoms with van der Waals surface area (Å²) < 4.78 is 35.7. The molecule has 0 saturated carbocycles. The van der Waals surface area contributed by atoms with Gasteiger partial charge in [0.2, 0.25) is 0 Å². The van der Waals surface area contributed by atoms with Crippen molar-refractivity contribution in [3.8, 4) is 0 Å². The summed E-state index contributed by atoms with van der Waals surface area (Å²) in [7, 11) is 0. The van der Waals surface area contributed by atoms with Crippen molar-refractivity contribution >= 4 is 22.8 Å². The first-order chi connectivity index (χ1) is 25.1. The van der Waals surface area contributed by atoms with E-state index >= 15 is 0 Å². The predicted octanol–water partition coefficient (Wildman–Crippen LogP) is 7.91. The average Bonchev–Trinajstić information content (AvgIpc) is 3.58. The Morgan fingerprint density at radius 3 is 1.71 bits per heavy atom. The highest BCUT2D eigenvalue weighted by Crippen LogP contribution is 2.38. The summed E-state index contributed by atoms with van der Waals surface area (Å²) in [6.45, 7) is 6.12. The normalized spacial score (nSPS) is 20.7. The van der Waals surface area contributed by atoms with E-state index in [1.54, 1.807) is 6.33 Å². The summed E-state index contributed by atoms with van der Waals surface area (Å²) in [5.41, 5.74) is 5.63. The van der Waals surface area contributed by atoms with E-state index in [4.69, 9.17) is 35.3 Å². The van der Waals surface area contributed by atoms with Crippen molar-refractivity contribution in [1.29, 1.82) is 0 Å². The number of hydrogen-bond acceptors (Lipinski definition) is 8. The molecule has 0 amide bonds. The Bertz CT molecular complexity index is 1980. The fourth-order valence-electron chi connectivity index (χ4n) is 6.19. The molecule has 6 aromatic rings. The van der Waals surface area contributed by atoms with Crippen LogP contribution in [0.2, 0.25) is 5.15 Å². The molecule has 0 unspecified atom stereocenters. The van der Waals surface area contributed by atoms with Crippen LogP contribution < -0.4 is 0 Å². The zero-order valence-electron chi connectivity index (χ0n) is 28.0. The molecule has 4 aromatic carbocycles. The van der Waals surface area contributed by atoms with E-state index in [-0.39, 0.29) is 11.8 Å². The molecular weight excluding hydrogens is 664 g/mol. The maximum absolute atomic E-state index is 7.03. The van der Waals surface area contributed by atoms with Crippen LogP contribution in [-0.4, -0.2) is 50.5 Å².